The van der Waals surface area contributed by atoms with Crippen molar-refractivity contribution in [2.75, 3.05) is 20.3 Å². The summed E-state index contributed by atoms with van der Waals surface area (Å²) in [4.78, 5) is 4.28. The van der Waals surface area contributed by atoms with E-state index in [-0.39, 0.29) is 5.92 Å². The van der Waals surface area contributed by atoms with E-state index in [1.165, 1.54) is 0 Å². The zero-order chi connectivity index (χ0) is 11.8. The number of fused-ring (bicyclic) bond motifs is 1. The Balaban J connectivity index is 2.05. The number of nitrogens with zero attached hydrogens (tertiary/aromatic N) is 4. The van der Waals surface area contributed by atoms with Gasteiger partial charge in [-0.15, -0.1) is 10.2 Å². The van der Waals surface area contributed by atoms with Crippen molar-refractivity contribution in [1.82, 2.24) is 24.9 Å². The van der Waals surface area contributed by atoms with E-state index in [2.05, 4.69) is 20.5 Å². The molecule has 2 aromatic heterocycles. The van der Waals surface area contributed by atoms with Crippen LogP contribution in [0, 0.1) is 6.92 Å². The summed E-state index contributed by atoms with van der Waals surface area (Å²) >= 11 is 0. The van der Waals surface area contributed by atoms with Crippen molar-refractivity contribution in [3.63, 3.8) is 0 Å². The summed E-state index contributed by atoms with van der Waals surface area (Å²) in [5, 5.41) is 11.7. The molecule has 0 saturated carbocycles. The first-order chi connectivity index (χ1) is 8.29. The van der Waals surface area contributed by atoms with Crippen molar-refractivity contribution >= 4 is 5.65 Å². The van der Waals surface area contributed by atoms with Crippen molar-refractivity contribution in [2.45, 2.75) is 18.9 Å². The minimum atomic E-state index is 0.236. The van der Waals surface area contributed by atoms with Crippen LogP contribution in [0.25, 0.3) is 5.65 Å². The number of ether oxygens (including phenoxy) is 1. The summed E-state index contributed by atoms with van der Waals surface area (Å²) in [6.07, 6.45) is 1.78. The first-order valence-corrected chi connectivity index (χ1v) is 5.72. The lowest BCUT2D eigenvalue weighted by atomic mass is 10.0. The first kappa shape index (κ1) is 10.6. The van der Waals surface area contributed by atoms with Gasteiger partial charge in [0.15, 0.2) is 5.65 Å². The monoisotopic (exact) mass is 233 g/mol. The fourth-order valence-electron chi connectivity index (χ4n) is 2.25. The molecule has 0 spiro atoms. The maximum absolute atomic E-state index is 5.49. The van der Waals surface area contributed by atoms with Crippen LogP contribution in [0.5, 0.6) is 0 Å². The molecule has 0 bridgehead atoms. The number of hydrogen-bond acceptors (Lipinski definition) is 5. The minimum Gasteiger partial charge on any atom is -0.379 e. The van der Waals surface area contributed by atoms with Crippen LogP contribution in [-0.2, 0) is 4.74 Å². The second-order valence-electron chi connectivity index (χ2n) is 4.36. The maximum Gasteiger partial charge on any atom is 0.163 e. The van der Waals surface area contributed by atoms with Gasteiger partial charge in [0, 0.05) is 17.8 Å². The molecule has 1 fully saturated rings. The van der Waals surface area contributed by atoms with Gasteiger partial charge in [0.1, 0.15) is 12.2 Å². The van der Waals surface area contributed by atoms with E-state index in [0.717, 1.165) is 23.8 Å². The molecule has 17 heavy (non-hydrogen) atoms. The summed E-state index contributed by atoms with van der Waals surface area (Å²) in [6, 6.07) is 2.23. The van der Waals surface area contributed by atoms with Crippen molar-refractivity contribution in [3.8, 4) is 0 Å². The lowest BCUT2D eigenvalue weighted by Crippen LogP contribution is -2.32. The SMILES string of the molecule is CNC1COCC1c1nnc2cc(C)ncn12. The third-order valence-corrected chi connectivity index (χ3v) is 3.25. The first-order valence-electron chi connectivity index (χ1n) is 5.72. The van der Waals surface area contributed by atoms with Crippen LogP contribution in [0.2, 0.25) is 0 Å². The molecule has 3 rings (SSSR count). The topological polar surface area (TPSA) is 64.3 Å². The van der Waals surface area contributed by atoms with Gasteiger partial charge in [-0.3, -0.25) is 4.40 Å². The molecule has 0 radical (unpaired) electrons. The molecule has 2 aromatic rings. The van der Waals surface area contributed by atoms with Crippen molar-refractivity contribution in [1.29, 1.82) is 0 Å². The zero-order valence-electron chi connectivity index (χ0n) is 9.92. The highest BCUT2D eigenvalue weighted by Crippen LogP contribution is 2.24. The third kappa shape index (κ3) is 1.69. The summed E-state index contributed by atoms with van der Waals surface area (Å²) in [6.45, 7) is 3.35. The van der Waals surface area contributed by atoms with Gasteiger partial charge in [0.2, 0.25) is 0 Å². The molecule has 6 heteroatoms. The Morgan fingerprint density at radius 2 is 2.29 bits per heavy atom. The van der Waals surface area contributed by atoms with E-state index >= 15 is 0 Å². The van der Waals surface area contributed by atoms with E-state index in [9.17, 15) is 0 Å². The predicted molar refractivity (Wildman–Crippen MR) is 61.9 cm³/mol. The standard InChI is InChI=1S/C11H15N5O/c1-7-3-10-14-15-11(16(10)6-13-7)8-4-17-5-9(8)12-2/h3,6,8-9,12H,4-5H2,1-2H3. The van der Waals surface area contributed by atoms with Crippen LogP contribution in [0.1, 0.15) is 17.4 Å². The molecule has 0 aliphatic carbocycles. The quantitative estimate of drug-likeness (QED) is 0.799. The Morgan fingerprint density at radius 1 is 1.41 bits per heavy atom. The average Bonchev–Trinajstić information content (AvgIpc) is 2.92. The van der Waals surface area contributed by atoms with Crippen LogP contribution in [0.15, 0.2) is 12.4 Å². The molecular formula is C11H15N5O. The second-order valence-corrected chi connectivity index (χ2v) is 4.36. The lowest BCUT2D eigenvalue weighted by molar-refractivity contribution is 0.188. The summed E-state index contributed by atoms with van der Waals surface area (Å²) in [5.41, 5.74) is 1.79. The predicted octanol–water partition coefficient (Wildman–Crippen LogP) is 0.135. The zero-order valence-corrected chi connectivity index (χ0v) is 9.92. The van der Waals surface area contributed by atoms with Crippen molar-refractivity contribution in [3.05, 3.63) is 23.9 Å². The normalized spacial score (nSPS) is 24.6. The molecule has 0 aromatic carbocycles. The van der Waals surface area contributed by atoms with E-state index in [1.807, 2.05) is 24.4 Å². The fourth-order valence-corrected chi connectivity index (χ4v) is 2.25. The highest BCUT2D eigenvalue weighted by atomic mass is 16.5. The molecule has 6 nitrogen and oxygen atoms in total. The molecular weight excluding hydrogens is 218 g/mol. The Morgan fingerprint density at radius 3 is 3.12 bits per heavy atom. The Labute approximate surface area is 99.0 Å². The van der Waals surface area contributed by atoms with Gasteiger partial charge in [0.25, 0.3) is 0 Å². The summed E-state index contributed by atoms with van der Waals surface area (Å²) in [7, 11) is 1.94. The van der Waals surface area contributed by atoms with Crippen LogP contribution >= 0.6 is 0 Å². The van der Waals surface area contributed by atoms with E-state index in [1.54, 1.807) is 6.33 Å². The molecule has 3 heterocycles. The molecule has 2 atom stereocenters. The van der Waals surface area contributed by atoms with E-state index < -0.39 is 0 Å². The van der Waals surface area contributed by atoms with Crippen LogP contribution in [0.4, 0.5) is 0 Å². The van der Waals surface area contributed by atoms with Crippen molar-refractivity contribution < 1.29 is 4.74 Å². The van der Waals surface area contributed by atoms with Crippen molar-refractivity contribution in [2.24, 2.45) is 0 Å². The molecule has 1 saturated heterocycles. The smallest absolute Gasteiger partial charge is 0.163 e. The van der Waals surface area contributed by atoms with E-state index in [4.69, 9.17) is 4.74 Å². The highest BCUT2D eigenvalue weighted by Gasteiger charge is 2.32. The van der Waals surface area contributed by atoms with Gasteiger partial charge < -0.3 is 10.1 Å². The molecule has 0 amide bonds. The molecule has 1 aliphatic rings. The number of likely N-dealkylation sites (N-methyl/N-ethyl adjacent to an activating group) is 1. The largest absolute Gasteiger partial charge is 0.379 e. The van der Waals surface area contributed by atoms with Gasteiger partial charge in [-0.25, -0.2) is 4.98 Å². The number of nitrogens with one attached hydrogen (secondary N) is 1. The van der Waals surface area contributed by atoms with Gasteiger partial charge >= 0.3 is 0 Å². The molecule has 90 valence electrons. The number of hydrogen-bond donors (Lipinski definition) is 1. The van der Waals surface area contributed by atoms with Gasteiger partial charge in [-0.05, 0) is 14.0 Å². The number of aromatic nitrogens is 4. The van der Waals surface area contributed by atoms with Gasteiger partial charge in [0.05, 0.1) is 19.1 Å². The lowest BCUT2D eigenvalue weighted by Gasteiger charge is -2.14. The average molecular weight is 233 g/mol. The Kier molecular flexibility index (Phi) is 2.53. The second kappa shape index (κ2) is 4.05. The molecule has 2 unspecified atom stereocenters. The number of aryl methyl sites for hydroxylation is 1. The summed E-state index contributed by atoms with van der Waals surface area (Å²) < 4.78 is 7.43. The Hall–Kier alpha value is -1.53. The van der Waals surface area contributed by atoms with Gasteiger partial charge in [-0.2, -0.15) is 0 Å². The fraction of sp³-hybridized carbons (Fsp3) is 0.545. The number of rotatable bonds is 2. The Bertz CT molecular complexity index is 538. The van der Waals surface area contributed by atoms with Crippen LogP contribution in [0.3, 0.4) is 0 Å². The van der Waals surface area contributed by atoms with Crippen LogP contribution in [-0.4, -0.2) is 45.9 Å². The molecule has 1 aliphatic heterocycles. The highest BCUT2D eigenvalue weighted by molar-refractivity contribution is 5.38. The third-order valence-electron chi connectivity index (χ3n) is 3.25. The van der Waals surface area contributed by atoms with Gasteiger partial charge in [-0.1, -0.05) is 0 Å². The van der Waals surface area contributed by atoms with E-state index in [0.29, 0.717) is 12.6 Å². The molecule has 1 N–H and O–H groups in total. The minimum absolute atomic E-state index is 0.236. The maximum atomic E-state index is 5.49. The summed E-state index contributed by atoms with van der Waals surface area (Å²) in [5.74, 6) is 1.16. The van der Waals surface area contributed by atoms with Crippen LogP contribution < -0.4 is 5.32 Å².